The molecule has 0 unspecified atom stereocenters. The largest absolute Gasteiger partial charge is 0.460 e. The van der Waals surface area contributed by atoms with Crippen molar-refractivity contribution >= 4 is 5.97 Å². The van der Waals surface area contributed by atoms with Crippen molar-refractivity contribution in [2.24, 2.45) is 0 Å². The van der Waals surface area contributed by atoms with Gasteiger partial charge in [0.1, 0.15) is 6.61 Å². The summed E-state index contributed by atoms with van der Waals surface area (Å²) in [6.45, 7) is 7.90. The SMILES string of the molecule is CCOC(=O)c1noc(COC(C)(C)C)n1. The van der Waals surface area contributed by atoms with Crippen molar-refractivity contribution in [2.45, 2.75) is 39.9 Å². The maximum absolute atomic E-state index is 11.2. The molecule has 90 valence electrons. The van der Waals surface area contributed by atoms with Crippen molar-refractivity contribution in [3.63, 3.8) is 0 Å². The first-order chi connectivity index (χ1) is 7.42. The summed E-state index contributed by atoms with van der Waals surface area (Å²) in [5, 5.41) is 3.49. The third-order valence-electron chi connectivity index (χ3n) is 1.55. The van der Waals surface area contributed by atoms with Gasteiger partial charge in [0, 0.05) is 0 Å². The average molecular weight is 228 g/mol. The summed E-state index contributed by atoms with van der Waals surface area (Å²) in [6, 6.07) is 0. The van der Waals surface area contributed by atoms with Crippen molar-refractivity contribution in [3.8, 4) is 0 Å². The highest BCUT2D eigenvalue weighted by molar-refractivity contribution is 5.84. The molecule has 1 aromatic rings. The molecule has 0 saturated heterocycles. The van der Waals surface area contributed by atoms with Gasteiger partial charge >= 0.3 is 5.97 Å². The number of esters is 1. The molecule has 0 saturated carbocycles. The van der Waals surface area contributed by atoms with Crippen LogP contribution in [0, 0.1) is 0 Å². The number of rotatable bonds is 4. The zero-order valence-electron chi connectivity index (χ0n) is 9.94. The molecule has 0 radical (unpaired) electrons. The lowest BCUT2D eigenvalue weighted by Gasteiger charge is -2.17. The Hall–Kier alpha value is -1.43. The van der Waals surface area contributed by atoms with E-state index >= 15 is 0 Å². The Kier molecular flexibility index (Phi) is 4.00. The minimum atomic E-state index is -0.590. The highest BCUT2D eigenvalue weighted by Gasteiger charge is 2.17. The lowest BCUT2D eigenvalue weighted by atomic mass is 10.2. The molecule has 0 amide bonds. The molecule has 0 bridgehead atoms. The van der Waals surface area contributed by atoms with Gasteiger partial charge in [0.15, 0.2) is 0 Å². The number of ether oxygens (including phenoxy) is 2. The van der Waals surface area contributed by atoms with Crippen LogP contribution in [0.3, 0.4) is 0 Å². The Balaban J connectivity index is 2.55. The van der Waals surface area contributed by atoms with Crippen LogP contribution in [0.1, 0.15) is 44.2 Å². The molecule has 0 N–H and O–H groups in total. The Morgan fingerprint density at radius 3 is 2.69 bits per heavy atom. The number of hydrogen-bond donors (Lipinski definition) is 0. The van der Waals surface area contributed by atoms with Gasteiger partial charge in [0.25, 0.3) is 11.7 Å². The fourth-order valence-electron chi connectivity index (χ4n) is 0.870. The molecule has 0 aromatic carbocycles. The molecule has 1 aromatic heterocycles. The van der Waals surface area contributed by atoms with E-state index in [1.54, 1.807) is 6.92 Å². The fraction of sp³-hybridized carbons (Fsp3) is 0.700. The van der Waals surface area contributed by atoms with E-state index in [9.17, 15) is 4.79 Å². The minimum Gasteiger partial charge on any atom is -0.460 e. The predicted molar refractivity (Wildman–Crippen MR) is 54.8 cm³/mol. The summed E-state index contributed by atoms with van der Waals surface area (Å²) >= 11 is 0. The third-order valence-corrected chi connectivity index (χ3v) is 1.55. The van der Waals surface area contributed by atoms with Crippen LogP contribution in [0.4, 0.5) is 0 Å². The lowest BCUT2D eigenvalue weighted by Crippen LogP contribution is -2.18. The lowest BCUT2D eigenvalue weighted by molar-refractivity contribution is -0.0260. The van der Waals surface area contributed by atoms with Crippen LogP contribution in [0.15, 0.2) is 4.52 Å². The third kappa shape index (κ3) is 3.98. The van der Waals surface area contributed by atoms with Crippen LogP contribution in [0.25, 0.3) is 0 Å². The van der Waals surface area contributed by atoms with Crippen LogP contribution >= 0.6 is 0 Å². The van der Waals surface area contributed by atoms with Crippen LogP contribution in [-0.4, -0.2) is 28.3 Å². The molecule has 0 spiro atoms. The minimum absolute atomic E-state index is 0.0747. The maximum Gasteiger partial charge on any atom is 0.379 e. The first kappa shape index (κ1) is 12.6. The molecule has 0 aliphatic heterocycles. The zero-order chi connectivity index (χ0) is 12.2. The number of carbonyl (C=O) groups excluding carboxylic acids is 1. The molecule has 0 aliphatic rings. The smallest absolute Gasteiger partial charge is 0.379 e. The van der Waals surface area contributed by atoms with E-state index in [1.165, 1.54) is 0 Å². The van der Waals surface area contributed by atoms with E-state index < -0.39 is 5.97 Å². The molecule has 1 heterocycles. The Labute approximate surface area is 93.9 Å². The molecule has 0 aliphatic carbocycles. The summed E-state index contributed by atoms with van der Waals surface area (Å²) in [4.78, 5) is 15.1. The monoisotopic (exact) mass is 228 g/mol. The summed E-state index contributed by atoms with van der Waals surface area (Å²) in [5.74, 6) is -0.402. The van der Waals surface area contributed by atoms with Crippen molar-refractivity contribution < 1.29 is 18.8 Å². The molecule has 1 rings (SSSR count). The quantitative estimate of drug-likeness (QED) is 0.728. The van der Waals surface area contributed by atoms with Crippen molar-refractivity contribution in [3.05, 3.63) is 11.7 Å². The summed E-state index contributed by atoms with van der Waals surface area (Å²) in [5.41, 5.74) is -0.293. The van der Waals surface area contributed by atoms with Gasteiger partial charge in [0.2, 0.25) is 0 Å². The van der Waals surface area contributed by atoms with Gasteiger partial charge in [-0.3, -0.25) is 0 Å². The summed E-state index contributed by atoms with van der Waals surface area (Å²) < 4.78 is 15.0. The first-order valence-corrected chi connectivity index (χ1v) is 5.06. The predicted octanol–water partition coefficient (Wildman–Crippen LogP) is 1.56. The second kappa shape index (κ2) is 5.07. The second-order valence-electron chi connectivity index (χ2n) is 4.13. The zero-order valence-corrected chi connectivity index (χ0v) is 9.94. The van der Waals surface area contributed by atoms with E-state index in [0.717, 1.165) is 0 Å². The number of carbonyl (C=O) groups is 1. The van der Waals surface area contributed by atoms with Crippen LogP contribution < -0.4 is 0 Å². The highest BCUT2D eigenvalue weighted by atomic mass is 16.5. The molecule has 6 nitrogen and oxygen atoms in total. The second-order valence-corrected chi connectivity index (χ2v) is 4.13. The highest BCUT2D eigenvalue weighted by Crippen LogP contribution is 2.10. The van der Waals surface area contributed by atoms with Gasteiger partial charge in [-0.15, -0.1) is 0 Å². The van der Waals surface area contributed by atoms with Gasteiger partial charge < -0.3 is 14.0 Å². The van der Waals surface area contributed by atoms with Gasteiger partial charge in [0.05, 0.1) is 12.2 Å². The summed E-state index contributed by atoms with van der Waals surface area (Å²) in [7, 11) is 0. The van der Waals surface area contributed by atoms with Crippen LogP contribution in [0.2, 0.25) is 0 Å². The molecular formula is C10H16N2O4. The summed E-state index contributed by atoms with van der Waals surface area (Å²) in [6.07, 6.45) is 0. The van der Waals surface area contributed by atoms with Crippen LogP contribution in [0.5, 0.6) is 0 Å². The number of nitrogens with zero attached hydrogens (tertiary/aromatic N) is 2. The Morgan fingerprint density at radius 1 is 1.44 bits per heavy atom. The van der Waals surface area contributed by atoms with E-state index in [-0.39, 0.29) is 30.5 Å². The van der Waals surface area contributed by atoms with E-state index in [2.05, 4.69) is 10.1 Å². The Morgan fingerprint density at radius 2 is 2.12 bits per heavy atom. The van der Waals surface area contributed by atoms with Crippen molar-refractivity contribution in [2.75, 3.05) is 6.61 Å². The molecule has 0 atom stereocenters. The topological polar surface area (TPSA) is 74.5 Å². The van der Waals surface area contributed by atoms with Crippen molar-refractivity contribution in [1.29, 1.82) is 0 Å². The van der Waals surface area contributed by atoms with Gasteiger partial charge in [-0.2, -0.15) is 4.98 Å². The van der Waals surface area contributed by atoms with Gasteiger partial charge in [-0.25, -0.2) is 4.79 Å². The molecule has 0 fully saturated rings. The molecular weight excluding hydrogens is 212 g/mol. The van der Waals surface area contributed by atoms with E-state index in [4.69, 9.17) is 14.0 Å². The number of aromatic nitrogens is 2. The Bertz CT molecular complexity index is 354. The van der Waals surface area contributed by atoms with E-state index in [0.29, 0.717) is 0 Å². The standard InChI is InChI=1S/C10H16N2O4/c1-5-14-9(13)8-11-7(16-12-8)6-15-10(2,3)4/h5-6H2,1-4H3. The normalized spacial score (nSPS) is 11.5. The first-order valence-electron chi connectivity index (χ1n) is 5.06. The van der Waals surface area contributed by atoms with Crippen LogP contribution in [-0.2, 0) is 16.1 Å². The van der Waals surface area contributed by atoms with Gasteiger partial charge in [-0.05, 0) is 32.9 Å². The fourth-order valence-corrected chi connectivity index (χ4v) is 0.870. The van der Waals surface area contributed by atoms with Crippen molar-refractivity contribution in [1.82, 2.24) is 10.1 Å². The maximum atomic E-state index is 11.2. The average Bonchev–Trinajstić information content (AvgIpc) is 2.62. The van der Waals surface area contributed by atoms with Gasteiger partial charge in [-0.1, -0.05) is 0 Å². The molecule has 16 heavy (non-hydrogen) atoms. The van der Waals surface area contributed by atoms with E-state index in [1.807, 2.05) is 20.8 Å². The molecule has 6 heteroatoms. The number of hydrogen-bond acceptors (Lipinski definition) is 6.